The summed E-state index contributed by atoms with van der Waals surface area (Å²) in [7, 11) is 2.88. The fourth-order valence-electron chi connectivity index (χ4n) is 9.62. The topological polar surface area (TPSA) is 184 Å². The molecule has 3 aliphatic heterocycles. The van der Waals surface area contributed by atoms with Gasteiger partial charge in [0, 0.05) is 51.0 Å². The van der Waals surface area contributed by atoms with Crippen LogP contribution in [0, 0.1) is 29.6 Å². The van der Waals surface area contributed by atoms with Gasteiger partial charge in [0.15, 0.2) is 0 Å². The molecular weight excluding hydrogens is 776 g/mol. The van der Waals surface area contributed by atoms with Crippen molar-refractivity contribution in [2.24, 2.45) is 35.3 Å². The Labute approximate surface area is 356 Å². The van der Waals surface area contributed by atoms with E-state index in [1.54, 1.807) is 39.8 Å². The Balaban J connectivity index is 1.80. The number of Topliss-reactive ketones (excluding diaryl/α,β-unsaturated/α-hetero) is 2. The maximum absolute atomic E-state index is 16.3. The molecule has 2 bridgehead atoms. The normalized spacial score (nSPS) is 40.9. The largest absolute Gasteiger partial charge is 0.456 e. The van der Waals surface area contributed by atoms with Crippen LogP contribution in [0.4, 0.5) is 4.39 Å². The fraction of sp³-hybridized carbons (Fsp3) is 0.783. The lowest BCUT2D eigenvalue weighted by molar-refractivity contribution is -0.302. The molecule has 1 saturated carbocycles. The highest BCUT2D eigenvalue weighted by atomic mass is 19.1. The van der Waals surface area contributed by atoms with Crippen LogP contribution in [0.25, 0.3) is 0 Å². The van der Waals surface area contributed by atoms with Crippen molar-refractivity contribution >= 4 is 23.4 Å². The number of methoxy groups -OCH3 is 2. The van der Waals surface area contributed by atoms with Crippen LogP contribution < -0.4 is 5.73 Å². The van der Waals surface area contributed by atoms with Crippen LogP contribution in [0.5, 0.6) is 0 Å². The van der Waals surface area contributed by atoms with Crippen molar-refractivity contribution in [3.8, 4) is 0 Å². The van der Waals surface area contributed by atoms with E-state index in [1.165, 1.54) is 14.2 Å². The van der Waals surface area contributed by atoms with Gasteiger partial charge in [-0.15, -0.1) is 6.58 Å². The Hall–Kier alpha value is -2.85. The lowest BCUT2D eigenvalue weighted by atomic mass is 9.81. The van der Waals surface area contributed by atoms with Gasteiger partial charge >= 0.3 is 5.97 Å². The van der Waals surface area contributed by atoms with E-state index in [1.807, 2.05) is 26.8 Å². The molecule has 60 heavy (non-hydrogen) atoms. The minimum Gasteiger partial charge on any atom is -0.456 e. The summed E-state index contributed by atoms with van der Waals surface area (Å²) in [5, 5.41) is 23.8. The smallest absolute Gasteiger partial charge is 0.329 e. The number of nitrogens with zero attached hydrogens (tertiary/aromatic N) is 1. The molecule has 3 fully saturated rings. The predicted octanol–water partition coefficient (Wildman–Crippen LogP) is 5.33. The van der Waals surface area contributed by atoms with E-state index in [9.17, 15) is 29.4 Å². The summed E-state index contributed by atoms with van der Waals surface area (Å²) in [5.74, 6) is -9.19. The number of carbonyl (C=O) groups is 4. The number of ketones is 2. The minimum atomic E-state index is -2.61. The van der Waals surface area contributed by atoms with Crippen molar-refractivity contribution in [1.82, 2.24) is 4.90 Å². The average Bonchev–Trinajstić information content (AvgIpc) is 3.21. The van der Waals surface area contributed by atoms with Crippen molar-refractivity contribution in [1.29, 1.82) is 0 Å². The summed E-state index contributed by atoms with van der Waals surface area (Å²) >= 11 is 0. The second-order valence-corrected chi connectivity index (χ2v) is 18.3. The fourth-order valence-corrected chi connectivity index (χ4v) is 9.62. The highest BCUT2D eigenvalue weighted by Crippen LogP contribution is 2.39. The highest BCUT2D eigenvalue weighted by Gasteiger charge is 2.57. The summed E-state index contributed by atoms with van der Waals surface area (Å²) < 4.78 is 46.5. The highest BCUT2D eigenvalue weighted by molar-refractivity contribution is 6.39. The molecule has 15 unspecified atom stereocenters. The van der Waals surface area contributed by atoms with E-state index in [0.717, 1.165) is 17.7 Å². The van der Waals surface area contributed by atoms with E-state index in [0.29, 0.717) is 30.4 Å². The summed E-state index contributed by atoms with van der Waals surface area (Å²) in [6, 6.07) is -1.30. The standard InChI is InChI=1S/C46H73FN2O11/c1-11-14-32-20-26(4)40(47)27(5)21-38(56-9)42-39(57-10)22-29(7)46(55,60-42)43(52)44(53)49-18-13-12-15-34(49)45(54)59-41(30(8)35(50)24-36(32)51)28(6)19-31-16-17-33(48)37(23-31)58-25(2)3/h11,19-20,25,27,29-35,37-42,50,55H,1,12-18,21-24,48H2,2-10H3/b26-20+,28-19?. The number of aliphatic hydroxyl groups is 2. The number of fused-ring (bicyclic) bond motifs is 3. The second-order valence-electron chi connectivity index (χ2n) is 18.3. The maximum atomic E-state index is 16.3. The van der Waals surface area contributed by atoms with Gasteiger partial charge in [-0.25, -0.2) is 9.18 Å². The third kappa shape index (κ3) is 11.8. The zero-order valence-electron chi connectivity index (χ0n) is 37.3. The van der Waals surface area contributed by atoms with Gasteiger partial charge < -0.3 is 44.5 Å². The van der Waals surface area contributed by atoms with Gasteiger partial charge in [0.25, 0.3) is 11.7 Å². The van der Waals surface area contributed by atoms with Crippen molar-refractivity contribution in [3.63, 3.8) is 0 Å². The first kappa shape index (κ1) is 49.8. The number of carbonyl (C=O) groups excluding carboxylic acids is 4. The van der Waals surface area contributed by atoms with Gasteiger partial charge in [-0.2, -0.15) is 0 Å². The van der Waals surface area contributed by atoms with E-state index >= 15 is 4.39 Å². The van der Waals surface area contributed by atoms with Crippen LogP contribution in [0.3, 0.4) is 0 Å². The summed E-state index contributed by atoms with van der Waals surface area (Å²) in [5.41, 5.74) is 7.37. The molecule has 14 heteroatoms. The number of halogens is 1. The maximum Gasteiger partial charge on any atom is 0.329 e. The van der Waals surface area contributed by atoms with E-state index in [-0.39, 0.29) is 68.6 Å². The van der Waals surface area contributed by atoms with Crippen LogP contribution in [-0.4, -0.2) is 126 Å². The zero-order chi connectivity index (χ0) is 44.6. The van der Waals surface area contributed by atoms with Gasteiger partial charge in [0.1, 0.15) is 30.2 Å². The molecule has 4 aliphatic rings. The molecule has 4 N–H and O–H groups in total. The molecule has 0 radical (unpaired) electrons. The molecule has 0 spiro atoms. The Morgan fingerprint density at radius 2 is 1.72 bits per heavy atom. The molecule has 13 nitrogen and oxygen atoms in total. The van der Waals surface area contributed by atoms with Crippen LogP contribution in [-0.2, 0) is 42.9 Å². The number of ether oxygens (including phenoxy) is 5. The van der Waals surface area contributed by atoms with Crippen LogP contribution in [0.2, 0.25) is 0 Å². The van der Waals surface area contributed by atoms with Gasteiger partial charge in [0.05, 0.1) is 30.5 Å². The number of cyclic esters (lactones) is 1. The second kappa shape index (κ2) is 22.0. The van der Waals surface area contributed by atoms with Gasteiger partial charge in [0.2, 0.25) is 5.79 Å². The van der Waals surface area contributed by atoms with Crippen molar-refractivity contribution < 1.29 is 57.5 Å². The number of hydrogen-bond acceptors (Lipinski definition) is 12. The first-order valence-electron chi connectivity index (χ1n) is 22.0. The lowest BCUT2D eigenvalue weighted by Gasteiger charge is -2.47. The molecular formula is C46H73FN2O11. The molecule has 1 aliphatic carbocycles. The minimum absolute atomic E-state index is 0.0195. The number of nitrogens with two attached hydrogens (primary N) is 1. The third-order valence-electron chi connectivity index (χ3n) is 13.3. The molecule has 0 aromatic rings. The van der Waals surface area contributed by atoms with Crippen molar-refractivity contribution in [3.05, 3.63) is 36.0 Å². The molecule has 0 aromatic carbocycles. The first-order valence-corrected chi connectivity index (χ1v) is 22.0. The SMILES string of the molecule is C=CCC1/C=C(\C)C(F)C(C)CC(OC)C2OC(O)(C(=O)C(=O)N3CCCCC3C(=O)OC(C(C)=CC3CCC(N)C(OC(C)C)C3)C(C)C(O)CC1=O)C(C)CC2OC. The summed E-state index contributed by atoms with van der Waals surface area (Å²) in [6.07, 6.45) is 2.02. The van der Waals surface area contributed by atoms with Crippen molar-refractivity contribution in [2.45, 2.75) is 179 Å². The predicted molar refractivity (Wildman–Crippen MR) is 224 cm³/mol. The Morgan fingerprint density at radius 3 is 2.35 bits per heavy atom. The molecule has 0 aromatic heterocycles. The van der Waals surface area contributed by atoms with Gasteiger partial charge in [-0.05, 0) is 108 Å². The molecule has 4 rings (SSSR count). The number of allylic oxidation sites excluding steroid dienone is 4. The number of rotatable bonds is 8. The quantitative estimate of drug-likeness (QED) is 0.162. The molecule has 340 valence electrons. The number of alkyl halides is 1. The van der Waals surface area contributed by atoms with Crippen LogP contribution >= 0.6 is 0 Å². The molecule has 2 saturated heterocycles. The number of piperidine rings is 1. The number of hydrogen-bond donors (Lipinski definition) is 3. The lowest BCUT2D eigenvalue weighted by Crippen LogP contribution is -2.64. The Kier molecular flexibility index (Phi) is 18.2. The number of aliphatic hydroxyl groups excluding tert-OH is 1. The van der Waals surface area contributed by atoms with E-state index in [4.69, 9.17) is 29.4 Å². The molecule has 1 amide bonds. The number of esters is 1. The van der Waals surface area contributed by atoms with Gasteiger partial charge in [-0.3, -0.25) is 14.4 Å². The third-order valence-corrected chi connectivity index (χ3v) is 13.3. The first-order chi connectivity index (χ1) is 28.3. The zero-order valence-corrected chi connectivity index (χ0v) is 37.3. The summed E-state index contributed by atoms with van der Waals surface area (Å²) in [4.78, 5) is 58.0. The molecule has 3 heterocycles. The number of amides is 1. The Bertz CT molecular complexity index is 1570. The van der Waals surface area contributed by atoms with Gasteiger partial charge in [-0.1, -0.05) is 39.0 Å². The Morgan fingerprint density at radius 1 is 1.05 bits per heavy atom. The van der Waals surface area contributed by atoms with Crippen LogP contribution in [0.1, 0.15) is 113 Å². The molecule has 15 atom stereocenters. The van der Waals surface area contributed by atoms with E-state index in [2.05, 4.69) is 6.58 Å². The average molecular weight is 849 g/mol. The monoisotopic (exact) mass is 849 g/mol. The van der Waals surface area contributed by atoms with E-state index < -0.39 is 89.9 Å². The van der Waals surface area contributed by atoms with Crippen molar-refractivity contribution in [2.75, 3.05) is 20.8 Å². The van der Waals surface area contributed by atoms with Crippen LogP contribution in [0.15, 0.2) is 36.0 Å². The summed E-state index contributed by atoms with van der Waals surface area (Å²) in [6.45, 7) is 16.2.